The van der Waals surface area contributed by atoms with E-state index in [9.17, 15) is 0 Å². The Morgan fingerprint density at radius 1 is 1.10 bits per heavy atom. The Hall–Kier alpha value is -0.840. The first kappa shape index (κ1) is 15.5. The van der Waals surface area contributed by atoms with Gasteiger partial charge >= 0.3 is 0 Å². The van der Waals surface area contributed by atoms with E-state index in [4.69, 9.17) is 10.5 Å². The third kappa shape index (κ3) is 3.62. The van der Waals surface area contributed by atoms with Gasteiger partial charge < -0.3 is 10.5 Å². The Bertz CT molecular complexity index is 586. The van der Waals surface area contributed by atoms with E-state index in [1.165, 1.54) is 0 Å². The van der Waals surface area contributed by atoms with Crippen LogP contribution in [0.3, 0.4) is 0 Å². The first-order valence-electron chi connectivity index (χ1n) is 6.55. The van der Waals surface area contributed by atoms with Gasteiger partial charge in [0.2, 0.25) is 0 Å². The summed E-state index contributed by atoms with van der Waals surface area (Å²) >= 11 is 7.03. The van der Waals surface area contributed by atoms with Crippen LogP contribution in [0.1, 0.15) is 30.5 Å². The Balaban J connectivity index is 2.35. The zero-order valence-electron chi connectivity index (χ0n) is 11.3. The second-order valence-electron chi connectivity index (χ2n) is 4.53. The highest BCUT2D eigenvalue weighted by Crippen LogP contribution is 2.33. The van der Waals surface area contributed by atoms with Crippen LogP contribution in [0.2, 0.25) is 0 Å². The topological polar surface area (TPSA) is 35.2 Å². The summed E-state index contributed by atoms with van der Waals surface area (Å²) in [6.45, 7) is 2.79. The first-order chi connectivity index (χ1) is 9.63. The molecule has 0 aliphatic heterocycles. The summed E-state index contributed by atoms with van der Waals surface area (Å²) in [5.41, 5.74) is 8.46. The van der Waals surface area contributed by atoms with Gasteiger partial charge in [0.05, 0.1) is 12.6 Å². The third-order valence-electron chi connectivity index (χ3n) is 3.01. The normalized spacial score (nSPS) is 12.2. The summed E-state index contributed by atoms with van der Waals surface area (Å²) in [7, 11) is 0. The molecule has 0 aromatic heterocycles. The van der Waals surface area contributed by atoms with E-state index in [0.29, 0.717) is 6.61 Å². The minimum Gasteiger partial charge on any atom is -0.493 e. The van der Waals surface area contributed by atoms with Gasteiger partial charge in [-0.1, -0.05) is 63.0 Å². The van der Waals surface area contributed by atoms with Crippen LogP contribution < -0.4 is 10.5 Å². The van der Waals surface area contributed by atoms with Crippen LogP contribution in [0.5, 0.6) is 5.75 Å². The maximum atomic E-state index is 6.41. The molecule has 0 fully saturated rings. The largest absolute Gasteiger partial charge is 0.493 e. The Morgan fingerprint density at radius 2 is 1.85 bits per heavy atom. The lowest BCUT2D eigenvalue weighted by molar-refractivity contribution is 0.313. The molecule has 0 bridgehead atoms. The molecule has 0 heterocycles. The summed E-state index contributed by atoms with van der Waals surface area (Å²) in [5, 5.41) is 0. The van der Waals surface area contributed by atoms with Gasteiger partial charge in [0, 0.05) is 14.5 Å². The molecule has 2 N–H and O–H groups in total. The van der Waals surface area contributed by atoms with Crippen molar-refractivity contribution >= 4 is 31.9 Å². The first-order valence-corrected chi connectivity index (χ1v) is 8.14. The van der Waals surface area contributed by atoms with Gasteiger partial charge in [-0.3, -0.25) is 0 Å². The molecule has 4 heteroatoms. The average Bonchev–Trinajstić information content (AvgIpc) is 2.45. The van der Waals surface area contributed by atoms with Crippen LogP contribution in [-0.2, 0) is 0 Å². The van der Waals surface area contributed by atoms with Crippen molar-refractivity contribution in [1.29, 1.82) is 0 Å². The third-order valence-corrected chi connectivity index (χ3v) is 4.19. The zero-order chi connectivity index (χ0) is 14.5. The van der Waals surface area contributed by atoms with Gasteiger partial charge in [-0.15, -0.1) is 0 Å². The van der Waals surface area contributed by atoms with Crippen LogP contribution in [0.15, 0.2) is 51.4 Å². The fourth-order valence-corrected chi connectivity index (χ4v) is 3.30. The van der Waals surface area contributed by atoms with Crippen LogP contribution >= 0.6 is 31.9 Å². The van der Waals surface area contributed by atoms with Gasteiger partial charge in [-0.25, -0.2) is 0 Å². The number of nitrogens with two attached hydrogens (primary N) is 1. The van der Waals surface area contributed by atoms with E-state index in [1.807, 2.05) is 42.5 Å². The van der Waals surface area contributed by atoms with E-state index in [0.717, 1.165) is 32.2 Å². The van der Waals surface area contributed by atoms with Crippen LogP contribution in [0.4, 0.5) is 0 Å². The van der Waals surface area contributed by atoms with Crippen molar-refractivity contribution in [3.05, 3.63) is 62.5 Å². The number of hydrogen-bond donors (Lipinski definition) is 1. The van der Waals surface area contributed by atoms with E-state index in [1.54, 1.807) is 0 Å². The van der Waals surface area contributed by atoms with Crippen molar-refractivity contribution in [2.75, 3.05) is 6.61 Å². The quantitative estimate of drug-likeness (QED) is 0.764. The molecule has 0 aliphatic carbocycles. The highest BCUT2D eigenvalue weighted by molar-refractivity contribution is 9.11. The lowest BCUT2D eigenvalue weighted by Crippen LogP contribution is -2.14. The van der Waals surface area contributed by atoms with E-state index in [-0.39, 0.29) is 6.04 Å². The second kappa shape index (κ2) is 7.25. The van der Waals surface area contributed by atoms with E-state index < -0.39 is 0 Å². The number of hydrogen-bond acceptors (Lipinski definition) is 2. The highest BCUT2D eigenvalue weighted by atomic mass is 79.9. The standard InChI is InChI=1S/C16H17Br2NO/c1-2-9-20-15-6-4-3-5-13(15)16(19)12-8-7-11(17)10-14(12)18/h3-8,10,16H,2,9,19H2,1H3. The molecular formula is C16H17Br2NO. The molecule has 0 saturated carbocycles. The zero-order valence-corrected chi connectivity index (χ0v) is 14.4. The predicted molar refractivity (Wildman–Crippen MR) is 90.1 cm³/mol. The molecule has 1 unspecified atom stereocenters. The van der Waals surface area contributed by atoms with Crippen molar-refractivity contribution in [3.8, 4) is 5.75 Å². The molecule has 2 nitrogen and oxygen atoms in total. The second-order valence-corrected chi connectivity index (χ2v) is 6.30. The van der Waals surface area contributed by atoms with Gasteiger partial charge in [0.1, 0.15) is 5.75 Å². The highest BCUT2D eigenvalue weighted by Gasteiger charge is 2.16. The molecule has 0 radical (unpaired) electrons. The molecule has 0 spiro atoms. The van der Waals surface area contributed by atoms with Gasteiger partial charge in [-0.05, 0) is 30.2 Å². The van der Waals surface area contributed by atoms with Crippen molar-refractivity contribution in [3.63, 3.8) is 0 Å². The molecule has 2 rings (SSSR count). The van der Waals surface area contributed by atoms with Crippen LogP contribution in [0.25, 0.3) is 0 Å². The molecular weight excluding hydrogens is 382 g/mol. The molecule has 106 valence electrons. The van der Waals surface area contributed by atoms with Crippen LogP contribution in [0, 0.1) is 0 Å². The van der Waals surface area contributed by atoms with Gasteiger partial charge in [-0.2, -0.15) is 0 Å². The molecule has 1 atom stereocenters. The Labute approximate surface area is 136 Å². The molecule has 0 saturated heterocycles. The maximum absolute atomic E-state index is 6.41. The Morgan fingerprint density at radius 3 is 2.55 bits per heavy atom. The summed E-state index contributed by atoms with van der Waals surface area (Å²) in [6, 6.07) is 13.8. The summed E-state index contributed by atoms with van der Waals surface area (Å²) < 4.78 is 7.80. The minimum atomic E-state index is -0.217. The van der Waals surface area contributed by atoms with E-state index >= 15 is 0 Å². The average molecular weight is 399 g/mol. The minimum absolute atomic E-state index is 0.217. The SMILES string of the molecule is CCCOc1ccccc1C(N)c1ccc(Br)cc1Br. The van der Waals surface area contributed by atoms with Crippen molar-refractivity contribution < 1.29 is 4.74 Å². The maximum Gasteiger partial charge on any atom is 0.124 e. The fraction of sp³-hybridized carbons (Fsp3) is 0.250. The summed E-state index contributed by atoms with van der Waals surface area (Å²) in [5.74, 6) is 0.858. The fourth-order valence-electron chi connectivity index (χ4n) is 2.00. The number of halogens is 2. The summed E-state index contributed by atoms with van der Waals surface area (Å²) in [4.78, 5) is 0. The smallest absolute Gasteiger partial charge is 0.124 e. The number of rotatable bonds is 5. The molecule has 20 heavy (non-hydrogen) atoms. The molecule has 0 amide bonds. The predicted octanol–water partition coefficient (Wildman–Crippen LogP) is 5.05. The lowest BCUT2D eigenvalue weighted by atomic mass is 9.99. The number of benzene rings is 2. The molecule has 0 aliphatic rings. The Kier molecular flexibility index (Phi) is 5.64. The van der Waals surface area contributed by atoms with Crippen molar-refractivity contribution in [2.24, 2.45) is 5.73 Å². The van der Waals surface area contributed by atoms with Gasteiger partial charge in [0.15, 0.2) is 0 Å². The van der Waals surface area contributed by atoms with Crippen molar-refractivity contribution in [2.45, 2.75) is 19.4 Å². The molecule has 2 aromatic carbocycles. The van der Waals surface area contributed by atoms with Crippen LogP contribution in [-0.4, -0.2) is 6.61 Å². The molecule has 2 aromatic rings. The summed E-state index contributed by atoms with van der Waals surface area (Å²) in [6.07, 6.45) is 0.978. The number of para-hydroxylation sites is 1. The van der Waals surface area contributed by atoms with Crippen molar-refractivity contribution in [1.82, 2.24) is 0 Å². The monoisotopic (exact) mass is 397 g/mol. The number of ether oxygens (including phenoxy) is 1. The van der Waals surface area contributed by atoms with E-state index in [2.05, 4.69) is 38.8 Å². The lowest BCUT2D eigenvalue weighted by Gasteiger charge is -2.18. The van der Waals surface area contributed by atoms with Gasteiger partial charge in [0.25, 0.3) is 0 Å².